The van der Waals surface area contributed by atoms with Crippen molar-refractivity contribution in [1.29, 1.82) is 0 Å². The number of halogens is 5. The molecule has 1 unspecified atom stereocenters. The van der Waals surface area contributed by atoms with E-state index < -0.39 is 29.7 Å². The van der Waals surface area contributed by atoms with Gasteiger partial charge in [0.15, 0.2) is 11.5 Å². The Labute approximate surface area is 197 Å². The summed E-state index contributed by atoms with van der Waals surface area (Å²) < 4.78 is 52.1. The molecule has 0 aromatic heterocycles. The molecule has 0 spiro atoms. The zero-order chi connectivity index (χ0) is 23.6. The van der Waals surface area contributed by atoms with Crippen LogP contribution in [0.5, 0.6) is 11.5 Å². The minimum Gasteiger partial charge on any atom is -0.493 e. The number of ether oxygens (including phenoxy) is 2. The van der Waals surface area contributed by atoms with Crippen molar-refractivity contribution in [1.82, 2.24) is 4.90 Å². The number of methoxy groups -OCH3 is 2. The highest BCUT2D eigenvalue weighted by Crippen LogP contribution is 2.43. The predicted molar refractivity (Wildman–Crippen MR) is 117 cm³/mol. The van der Waals surface area contributed by atoms with Gasteiger partial charge < -0.3 is 14.6 Å². The Kier molecular flexibility index (Phi) is 7.62. The largest absolute Gasteiger partial charge is 0.493 e. The van der Waals surface area contributed by atoms with Gasteiger partial charge in [0.05, 0.1) is 36.8 Å². The van der Waals surface area contributed by atoms with Crippen molar-refractivity contribution in [3.8, 4) is 11.5 Å². The van der Waals surface area contributed by atoms with Crippen LogP contribution < -0.4 is 9.47 Å². The Morgan fingerprint density at radius 1 is 1.16 bits per heavy atom. The number of rotatable bonds is 6. The Morgan fingerprint density at radius 2 is 1.75 bits per heavy atom. The van der Waals surface area contributed by atoms with Gasteiger partial charge in [-0.05, 0) is 61.3 Å². The number of hydrogen-bond donors (Lipinski definition) is 1. The average molecular weight is 537 g/mol. The molecule has 1 heterocycles. The highest BCUT2D eigenvalue weighted by Gasteiger charge is 2.36. The van der Waals surface area contributed by atoms with E-state index in [1.807, 2.05) is 4.90 Å². The highest BCUT2D eigenvalue weighted by molar-refractivity contribution is 9.10. The third-order valence-corrected chi connectivity index (χ3v) is 6.67. The number of carbonyl (C=O) groups is 1. The van der Waals surface area contributed by atoms with Crippen LogP contribution in [0, 0.1) is 5.92 Å². The summed E-state index contributed by atoms with van der Waals surface area (Å²) in [6.45, 7) is 0.818. The topological polar surface area (TPSA) is 59.0 Å². The molecule has 0 radical (unpaired) electrons. The van der Waals surface area contributed by atoms with Gasteiger partial charge in [0, 0.05) is 4.47 Å². The number of nitrogens with zero attached hydrogens (tertiary/aromatic N) is 1. The van der Waals surface area contributed by atoms with Crippen LogP contribution in [0.1, 0.15) is 35.6 Å². The Balaban J connectivity index is 2.13. The molecular formula is C22H22BrClF3NO4. The summed E-state index contributed by atoms with van der Waals surface area (Å²) in [4.78, 5) is 13.4. The van der Waals surface area contributed by atoms with Crippen LogP contribution in [0.2, 0.25) is 5.02 Å². The maximum Gasteiger partial charge on any atom is 0.417 e. The average Bonchev–Trinajstić information content (AvgIpc) is 2.75. The molecule has 0 saturated carbocycles. The fourth-order valence-electron chi connectivity index (χ4n) is 4.00. The molecule has 1 saturated heterocycles. The van der Waals surface area contributed by atoms with Gasteiger partial charge in [-0.15, -0.1) is 0 Å². The van der Waals surface area contributed by atoms with Crippen molar-refractivity contribution in [3.05, 3.63) is 56.5 Å². The smallest absolute Gasteiger partial charge is 0.417 e. The van der Waals surface area contributed by atoms with E-state index in [0.29, 0.717) is 53.0 Å². The number of hydrogen-bond acceptors (Lipinski definition) is 4. The molecule has 10 heteroatoms. The van der Waals surface area contributed by atoms with E-state index in [9.17, 15) is 23.1 Å². The van der Waals surface area contributed by atoms with Gasteiger partial charge in [-0.2, -0.15) is 13.2 Å². The quantitative estimate of drug-likeness (QED) is 0.489. The lowest BCUT2D eigenvalue weighted by molar-refractivity contribution is -0.143. The fraction of sp³-hybridized carbons (Fsp3) is 0.409. The van der Waals surface area contributed by atoms with E-state index in [2.05, 4.69) is 15.9 Å². The summed E-state index contributed by atoms with van der Waals surface area (Å²) in [6.07, 6.45) is -3.81. The second kappa shape index (κ2) is 9.89. The molecule has 0 aliphatic carbocycles. The van der Waals surface area contributed by atoms with Crippen molar-refractivity contribution in [3.63, 3.8) is 0 Å². The van der Waals surface area contributed by atoms with Crippen LogP contribution in [0.3, 0.4) is 0 Å². The molecule has 32 heavy (non-hydrogen) atoms. The van der Waals surface area contributed by atoms with Crippen molar-refractivity contribution in [2.75, 3.05) is 27.3 Å². The summed E-state index contributed by atoms with van der Waals surface area (Å²) in [6, 6.07) is 6.70. The zero-order valence-electron chi connectivity index (χ0n) is 17.4. The van der Waals surface area contributed by atoms with Gasteiger partial charge in [0.1, 0.15) is 0 Å². The van der Waals surface area contributed by atoms with E-state index >= 15 is 0 Å². The molecule has 1 fully saturated rings. The Morgan fingerprint density at radius 3 is 2.28 bits per heavy atom. The van der Waals surface area contributed by atoms with Crippen LogP contribution in [0.4, 0.5) is 13.2 Å². The number of carboxylic acids is 1. The number of carboxylic acid groups (broad SMARTS) is 1. The van der Waals surface area contributed by atoms with Crippen molar-refractivity contribution >= 4 is 33.5 Å². The molecule has 3 rings (SSSR count). The first-order valence-electron chi connectivity index (χ1n) is 9.81. The summed E-state index contributed by atoms with van der Waals surface area (Å²) in [5.74, 6) is -0.435. The molecule has 0 amide bonds. The number of piperidine rings is 1. The predicted octanol–water partition coefficient (Wildman–Crippen LogP) is 6.02. The van der Waals surface area contributed by atoms with Gasteiger partial charge in [-0.3, -0.25) is 9.69 Å². The molecule has 174 valence electrons. The van der Waals surface area contributed by atoms with Crippen molar-refractivity contribution in [2.24, 2.45) is 5.92 Å². The molecule has 1 N–H and O–H groups in total. The molecule has 5 nitrogen and oxygen atoms in total. The minimum absolute atomic E-state index is 0.379. The monoisotopic (exact) mass is 535 g/mol. The van der Waals surface area contributed by atoms with Crippen molar-refractivity contribution in [2.45, 2.75) is 25.1 Å². The summed E-state index contributed by atoms with van der Waals surface area (Å²) in [5, 5.41) is 8.95. The first-order chi connectivity index (χ1) is 15.1. The maximum absolute atomic E-state index is 13.6. The fourth-order valence-corrected chi connectivity index (χ4v) is 4.77. The number of alkyl halides is 3. The highest BCUT2D eigenvalue weighted by atomic mass is 79.9. The van der Waals surface area contributed by atoms with Gasteiger partial charge >= 0.3 is 12.1 Å². The third-order valence-electron chi connectivity index (χ3n) is 5.65. The summed E-state index contributed by atoms with van der Waals surface area (Å²) in [5.41, 5.74) is 0.147. The van der Waals surface area contributed by atoms with E-state index in [1.165, 1.54) is 20.3 Å². The van der Waals surface area contributed by atoms with E-state index in [1.54, 1.807) is 18.2 Å². The SMILES string of the molecule is COc1cc(Br)c(C(c2ccc(Cl)c(C(F)(F)F)c2)N2CCC(C(=O)O)CC2)cc1OC. The van der Waals surface area contributed by atoms with E-state index in [0.717, 1.165) is 6.07 Å². The van der Waals surface area contributed by atoms with Crippen LogP contribution in [-0.2, 0) is 11.0 Å². The molecule has 1 atom stereocenters. The van der Waals surface area contributed by atoms with Crippen LogP contribution >= 0.6 is 27.5 Å². The van der Waals surface area contributed by atoms with Crippen molar-refractivity contribution < 1.29 is 32.5 Å². The van der Waals surface area contributed by atoms with Crippen LogP contribution in [0.25, 0.3) is 0 Å². The number of aliphatic carboxylic acids is 1. The second-order valence-corrected chi connectivity index (χ2v) is 8.78. The van der Waals surface area contributed by atoms with Crippen LogP contribution in [0.15, 0.2) is 34.8 Å². The summed E-state index contributed by atoms with van der Waals surface area (Å²) in [7, 11) is 2.97. The first kappa shape index (κ1) is 24.7. The molecule has 1 aliphatic heterocycles. The standard InChI is InChI=1S/C22H22BrClF3NO4/c1-31-18-10-14(16(23)11-19(18)32-2)20(28-7-5-12(6-8-28)21(29)30)13-3-4-17(24)15(9-13)22(25,26)27/h3-4,9-12,20H,5-8H2,1-2H3,(H,29,30). The second-order valence-electron chi connectivity index (χ2n) is 7.52. The lowest BCUT2D eigenvalue weighted by atomic mass is 9.90. The Bertz CT molecular complexity index is 994. The molecule has 2 aromatic carbocycles. The minimum atomic E-state index is -4.61. The zero-order valence-corrected chi connectivity index (χ0v) is 19.7. The van der Waals surface area contributed by atoms with Gasteiger partial charge in [0.25, 0.3) is 0 Å². The number of benzene rings is 2. The maximum atomic E-state index is 13.6. The third kappa shape index (κ3) is 5.15. The molecule has 0 bridgehead atoms. The van der Waals surface area contributed by atoms with E-state index in [-0.39, 0.29) is 5.02 Å². The normalized spacial score (nSPS) is 16.6. The van der Waals surface area contributed by atoms with Crippen LogP contribution in [-0.4, -0.2) is 43.3 Å². The molecular weight excluding hydrogens is 515 g/mol. The molecule has 1 aliphatic rings. The van der Waals surface area contributed by atoms with Gasteiger partial charge in [-0.25, -0.2) is 0 Å². The lowest BCUT2D eigenvalue weighted by Gasteiger charge is -2.38. The van der Waals surface area contributed by atoms with E-state index in [4.69, 9.17) is 21.1 Å². The lowest BCUT2D eigenvalue weighted by Crippen LogP contribution is -2.39. The van der Waals surface area contributed by atoms with Gasteiger partial charge in [-0.1, -0.05) is 33.6 Å². The molecule has 2 aromatic rings. The number of likely N-dealkylation sites (tertiary alicyclic amines) is 1. The van der Waals surface area contributed by atoms with Gasteiger partial charge in [0.2, 0.25) is 0 Å². The first-order valence-corrected chi connectivity index (χ1v) is 11.0. The Hall–Kier alpha value is -1.97. The summed E-state index contributed by atoms with van der Waals surface area (Å²) >= 11 is 9.36.